The number of aryl methyl sites for hydroxylation is 1. The Labute approximate surface area is 152 Å². The molecule has 3 amide bonds. The summed E-state index contributed by atoms with van der Waals surface area (Å²) in [5, 5.41) is 9.98. The molecule has 0 unspecified atom stereocenters. The van der Waals surface area contributed by atoms with Crippen molar-refractivity contribution in [2.75, 3.05) is 32.5 Å². The van der Waals surface area contributed by atoms with Gasteiger partial charge < -0.3 is 15.1 Å². The second-order valence-electron chi connectivity index (χ2n) is 6.77. The molecule has 0 saturated carbocycles. The van der Waals surface area contributed by atoms with Gasteiger partial charge in [0.1, 0.15) is 5.82 Å². The average molecular weight is 356 g/mol. The molecule has 2 heterocycles. The topological polar surface area (TPSA) is 94.2 Å². The maximum atomic E-state index is 12.6. The van der Waals surface area contributed by atoms with E-state index in [0.29, 0.717) is 24.3 Å². The molecule has 0 bridgehead atoms. The highest BCUT2D eigenvalue weighted by molar-refractivity contribution is 5.96. The van der Waals surface area contributed by atoms with Crippen molar-refractivity contribution in [3.63, 3.8) is 0 Å². The highest BCUT2D eigenvalue weighted by Gasteiger charge is 2.27. The summed E-state index contributed by atoms with van der Waals surface area (Å²) in [5.41, 5.74) is 1.15. The lowest BCUT2D eigenvalue weighted by Crippen LogP contribution is -2.41. The predicted molar refractivity (Wildman–Crippen MR) is 98.1 cm³/mol. The zero-order chi connectivity index (χ0) is 18.7. The van der Waals surface area contributed by atoms with E-state index in [-0.39, 0.29) is 17.9 Å². The van der Waals surface area contributed by atoms with Crippen LogP contribution >= 0.6 is 0 Å². The number of urea groups is 1. The fraction of sp³-hybridized carbons (Fsp3) is 0.444. The van der Waals surface area contributed by atoms with Gasteiger partial charge in [-0.2, -0.15) is 5.10 Å². The summed E-state index contributed by atoms with van der Waals surface area (Å²) in [6, 6.07) is 6.81. The monoisotopic (exact) mass is 356 g/mol. The van der Waals surface area contributed by atoms with E-state index in [1.54, 1.807) is 43.3 Å². The van der Waals surface area contributed by atoms with E-state index in [2.05, 4.69) is 20.5 Å². The Balaban J connectivity index is 1.66. The summed E-state index contributed by atoms with van der Waals surface area (Å²) in [6.07, 6.45) is 1.87. The number of H-pyrrole nitrogens is 1. The molecule has 0 radical (unpaired) electrons. The van der Waals surface area contributed by atoms with Gasteiger partial charge in [0.15, 0.2) is 5.82 Å². The van der Waals surface area contributed by atoms with Gasteiger partial charge in [-0.05, 0) is 38.0 Å². The number of hydrogen-bond donors (Lipinski definition) is 2. The second-order valence-corrected chi connectivity index (χ2v) is 6.77. The van der Waals surface area contributed by atoms with Gasteiger partial charge in [0.05, 0.1) is 0 Å². The first kappa shape index (κ1) is 17.9. The van der Waals surface area contributed by atoms with Gasteiger partial charge in [-0.15, -0.1) is 0 Å². The van der Waals surface area contributed by atoms with Crippen LogP contribution in [0.15, 0.2) is 24.3 Å². The number of nitrogens with zero attached hydrogens (tertiary/aromatic N) is 4. The number of hydrogen-bond acceptors (Lipinski definition) is 4. The summed E-state index contributed by atoms with van der Waals surface area (Å²) in [4.78, 5) is 32.4. The summed E-state index contributed by atoms with van der Waals surface area (Å²) in [5.74, 6) is 1.59. The average Bonchev–Trinajstić information content (AvgIpc) is 3.08. The smallest absolute Gasteiger partial charge is 0.321 e. The van der Waals surface area contributed by atoms with Gasteiger partial charge in [-0.1, -0.05) is 6.07 Å². The van der Waals surface area contributed by atoms with E-state index < -0.39 is 0 Å². The first-order chi connectivity index (χ1) is 12.4. The first-order valence-corrected chi connectivity index (χ1v) is 8.70. The molecule has 1 aromatic heterocycles. The van der Waals surface area contributed by atoms with Crippen LogP contribution in [0.25, 0.3) is 0 Å². The molecular formula is C18H24N6O2. The summed E-state index contributed by atoms with van der Waals surface area (Å²) in [7, 11) is 3.40. The van der Waals surface area contributed by atoms with Crippen LogP contribution in [0.5, 0.6) is 0 Å². The van der Waals surface area contributed by atoms with E-state index in [0.717, 1.165) is 24.5 Å². The number of aromatic amines is 1. The van der Waals surface area contributed by atoms with Crippen LogP contribution in [0, 0.1) is 6.92 Å². The summed E-state index contributed by atoms with van der Waals surface area (Å²) in [6.45, 7) is 3.15. The van der Waals surface area contributed by atoms with E-state index in [9.17, 15) is 9.59 Å². The van der Waals surface area contributed by atoms with Crippen molar-refractivity contribution in [2.24, 2.45) is 0 Å². The quantitative estimate of drug-likeness (QED) is 0.882. The minimum Gasteiger partial charge on any atom is -0.345 e. The van der Waals surface area contributed by atoms with Gasteiger partial charge >= 0.3 is 6.03 Å². The Morgan fingerprint density at radius 1 is 1.35 bits per heavy atom. The second kappa shape index (κ2) is 7.55. The van der Waals surface area contributed by atoms with E-state index in [1.807, 2.05) is 6.92 Å². The van der Waals surface area contributed by atoms with Gasteiger partial charge in [0, 0.05) is 44.4 Å². The molecule has 1 aromatic carbocycles. The van der Waals surface area contributed by atoms with Crippen LogP contribution in [0.3, 0.4) is 0 Å². The molecule has 1 aliphatic rings. The number of amides is 3. The van der Waals surface area contributed by atoms with Crippen molar-refractivity contribution in [3.05, 3.63) is 41.5 Å². The maximum absolute atomic E-state index is 12.6. The highest BCUT2D eigenvalue weighted by atomic mass is 16.2. The van der Waals surface area contributed by atoms with Gasteiger partial charge in [0.25, 0.3) is 5.91 Å². The molecule has 138 valence electrons. The molecule has 8 heteroatoms. The zero-order valence-corrected chi connectivity index (χ0v) is 15.3. The molecule has 0 aliphatic carbocycles. The van der Waals surface area contributed by atoms with Crippen LogP contribution in [0.2, 0.25) is 0 Å². The lowest BCUT2D eigenvalue weighted by molar-refractivity contribution is 0.0827. The predicted octanol–water partition coefficient (Wildman–Crippen LogP) is 2.23. The van der Waals surface area contributed by atoms with Gasteiger partial charge in [0.2, 0.25) is 0 Å². The molecule has 1 atom stereocenters. The molecule has 2 N–H and O–H groups in total. The normalized spacial score (nSPS) is 17.0. The highest BCUT2D eigenvalue weighted by Crippen LogP contribution is 2.25. The minimum absolute atomic E-state index is 0.0980. The van der Waals surface area contributed by atoms with Crippen LogP contribution in [-0.2, 0) is 0 Å². The first-order valence-electron chi connectivity index (χ1n) is 8.70. The summed E-state index contributed by atoms with van der Waals surface area (Å²) < 4.78 is 0. The lowest BCUT2D eigenvalue weighted by atomic mass is 9.97. The Kier molecular flexibility index (Phi) is 5.20. The number of likely N-dealkylation sites (tertiary alicyclic amines) is 1. The fourth-order valence-corrected chi connectivity index (χ4v) is 3.11. The lowest BCUT2D eigenvalue weighted by Gasteiger charge is -2.31. The Morgan fingerprint density at radius 2 is 2.15 bits per heavy atom. The largest absolute Gasteiger partial charge is 0.345 e. The number of anilines is 1. The van der Waals surface area contributed by atoms with Gasteiger partial charge in [-0.25, -0.2) is 9.78 Å². The van der Waals surface area contributed by atoms with Crippen LogP contribution in [-0.4, -0.2) is 64.1 Å². The molecule has 1 fully saturated rings. The number of nitrogens with one attached hydrogen (secondary N) is 2. The number of rotatable bonds is 3. The summed E-state index contributed by atoms with van der Waals surface area (Å²) >= 11 is 0. The third-order valence-corrected chi connectivity index (χ3v) is 4.46. The third-order valence-electron chi connectivity index (χ3n) is 4.46. The van der Waals surface area contributed by atoms with E-state index >= 15 is 0 Å². The number of benzene rings is 1. The Morgan fingerprint density at radius 3 is 2.85 bits per heavy atom. The molecule has 26 heavy (non-hydrogen) atoms. The number of piperidine rings is 1. The zero-order valence-electron chi connectivity index (χ0n) is 15.3. The molecule has 3 rings (SSSR count). The molecule has 1 aliphatic heterocycles. The van der Waals surface area contributed by atoms with Gasteiger partial charge in [-0.3, -0.25) is 9.89 Å². The van der Waals surface area contributed by atoms with Crippen LogP contribution < -0.4 is 5.32 Å². The van der Waals surface area contributed by atoms with E-state index in [4.69, 9.17) is 0 Å². The molecule has 1 saturated heterocycles. The minimum atomic E-state index is -0.170. The van der Waals surface area contributed by atoms with Crippen molar-refractivity contribution in [3.8, 4) is 0 Å². The number of carbonyl (C=O) groups is 2. The van der Waals surface area contributed by atoms with Crippen LogP contribution in [0.1, 0.15) is 40.8 Å². The Bertz CT molecular complexity index is 800. The third kappa shape index (κ3) is 4.01. The maximum Gasteiger partial charge on any atom is 0.321 e. The molecule has 2 aromatic rings. The van der Waals surface area contributed by atoms with Crippen molar-refractivity contribution in [1.29, 1.82) is 0 Å². The Hall–Kier alpha value is -2.90. The van der Waals surface area contributed by atoms with Crippen molar-refractivity contribution in [1.82, 2.24) is 25.0 Å². The van der Waals surface area contributed by atoms with Crippen molar-refractivity contribution < 1.29 is 9.59 Å². The fourth-order valence-electron chi connectivity index (χ4n) is 3.11. The van der Waals surface area contributed by atoms with Crippen LogP contribution in [0.4, 0.5) is 10.5 Å². The molecular weight excluding hydrogens is 332 g/mol. The van der Waals surface area contributed by atoms with Crippen molar-refractivity contribution in [2.45, 2.75) is 25.7 Å². The standard InChI is InChI=1S/C18H24N6O2/c1-12-19-16(22-21-12)14-7-5-9-24(11-14)18(26)20-15-8-4-6-13(10-15)17(25)23(2)3/h4,6,8,10,14H,5,7,9,11H2,1-3H3,(H,20,26)(H,19,21,22)/t14-/m0/s1. The molecule has 8 nitrogen and oxygen atoms in total. The SMILES string of the molecule is Cc1nc([C@H]2CCCN(C(=O)Nc3cccc(C(=O)N(C)C)c3)C2)n[nH]1. The molecule has 0 spiro atoms. The number of aromatic nitrogens is 3. The van der Waals surface area contributed by atoms with E-state index in [1.165, 1.54) is 4.90 Å². The number of carbonyl (C=O) groups excluding carboxylic acids is 2. The van der Waals surface area contributed by atoms with Crippen molar-refractivity contribution >= 4 is 17.6 Å².